The Morgan fingerprint density at radius 2 is 2.15 bits per heavy atom. The van der Waals surface area contributed by atoms with Crippen LogP contribution in [0.4, 0.5) is 8.78 Å². The number of alkyl halides is 3. The van der Waals surface area contributed by atoms with Gasteiger partial charge < -0.3 is 4.57 Å². The summed E-state index contributed by atoms with van der Waals surface area (Å²) in [6.07, 6.45) is -0.728. The van der Waals surface area contributed by atoms with Crippen molar-refractivity contribution < 1.29 is 8.78 Å². The molecule has 1 aromatic rings. The van der Waals surface area contributed by atoms with Crippen LogP contribution in [-0.4, -0.2) is 14.8 Å². The summed E-state index contributed by atoms with van der Waals surface area (Å²) in [5, 5.41) is 7.04. The van der Waals surface area contributed by atoms with E-state index < -0.39 is 6.43 Å². The van der Waals surface area contributed by atoms with Gasteiger partial charge in [0, 0.05) is 6.04 Å². The molecular formula is C7H8ClF2N3. The van der Waals surface area contributed by atoms with E-state index in [9.17, 15) is 8.78 Å². The topological polar surface area (TPSA) is 30.7 Å². The molecular weight excluding hydrogens is 200 g/mol. The van der Waals surface area contributed by atoms with Gasteiger partial charge in [-0.25, -0.2) is 8.78 Å². The van der Waals surface area contributed by atoms with Gasteiger partial charge in [0.05, 0.1) is 5.88 Å². The Labute approximate surface area is 78.7 Å². The van der Waals surface area contributed by atoms with E-state index in [1.807, 2.05) is 0 Å². The summed E-state index contributed by atoms with van der Waals surface area (Å²) >= 11 is 5.55. The van der Waals surface area contributed by atoms with Crippen molar-refractivity contribution in [1.29, 1.82) is 0 Å². The van der Waals surface area contributed by atoms with Crippen LogP contribution in [0.5, 0.6) is 0 Å². The van der Waals surface area contributed by atoms with Crippen molar-refractivity contribution in [1.82, 2.24) is 14.8 Å². The van der Waals surface area contributed by atoms with Crippen molar-refractivity contribution in [2.75, 3.05) is 0 Å². The lowest BCUT2D eigenvalue weighted by molar-refractivity contribution is 0.134. The average molecular weight is 208 g/mol. The standard InChI is InChI=1S/C7H8ClF2N3/c8-3-5-11-12-7(6(9)10)13(5)4-1-2-4/h4,6H,1-3H2. The number of rotatable bonds is 3. The van der Waals surface area contributed by atoms with Gasteiger partial charge >= 0.3 is 0 Å². The van der Waals surface area contributed by atoms with Crippen LogP contribution in [0, 0.1) is 0 Å². The third-order valence-corrected chi connectivity index (χ3v) is 2.26. The van der Waals surface area contributed by atoms with Gasteiger partial charge in [-0.1, -0.05) is 0 Å². The van der Waals surface area contributed by atoms with Crippen LogP contribution in [0.1, 0.15) is 37.0 Å². The van der Waals surface area contributed by atoms with E-state index in [1.165, 1.54) is 4.57 Å². The highest BCUT2D eigenvalue weighted by atomic mass is 35.5. The third kappa shape index (κ3) is 1.52. The highest BCUT2D eigenvalue weighted by Gasteiger charge is 2.31. The number of halogens is 3. The fraction of sp³-hybridized carbons (Fsp3) is 0.714. The van der Waals surface area contributed by atoms with Gasteiger partial charge in [0.15, 0.2) is 0 Å². The molecule has 0 unspecified atom stereocenters. The molecule has 0 amide bonds. The van der Waals surface area contributed by atoms with Crippen molar-refractivity contribution >= 4 is 11.6 Å². The maximum atomic E-state index is 12.4. The summed E-state index contributed by atoms with van der Waals surface area (Å²) in [6.45, 7) is 0. The van der Waals surface area contributed by atoms with Crippen LogP contribution < -0.4 is 0 Å². The number of nitrogens with zero attached hydrogens (tertiary/aromatic N) is 3. The van der Waals surface area contributed by atoms with Crippen LogP contribution in [-0.2, 0) is 5.88 Å². The van der Waals surface area contributed by atoms with Gasteiger partial charge in [-0.3, -0.25) is 0 Å². The van der Waals surface area contributed by atoms with E-state index in [0.29, 0.717) is 5.82 Å². The molecule has 1 aromatic heterocycles. The number of hydrogen-bond donors (Lipinski definition) is 0. The van der Waals surface area contributed by atoms with Gasteiger partial charge in [-0.05, 0) is 12.8 Å². The molecule has 0 saturated heterocycles. The summed E-state index contributed by atoms with van der Waals surface area (Å²) < 4.78 is 26.3. The Kier molecular flexibility index (Phi) is 2.19. The first kappa shape index (κ1) is 8.87. The first-order valence-electron chi connectivity index (χ1n) is 4.02. The average Bonchev–Trinajstić information content (AvgIpc) is 2.84. The van der Waals surface area contributed by atoms with Crippen LogP contribution in [0.2, 0.25) is 0 Å². The van der Waals surface area contributed by atoms with E-state index in [4.69, 9.17) is 11.6 Å². The maximum absolute atomic E-state index is 12.4. The van der Waals surface area contributed by atoms with Crippen molar-refractivity contribution in [3.63, 3.8) is 0 Å². The van der Waals surface area contributed by atoms with Gasteiger partial charge in [0.25, 0.3) is 6.43 Å². The highest BCUT2D eigenvalue weighted by molar-refractivity contribution is 6.16. The molecule has 0 spiro atoms. The summed E-state index contributed by atoms with van der Waals surface area (Å²) in [4.78, 5) is 0. The molecule has 0 aromatic carbocycles. The van der Waals surface area contributed by atoms with E-state index >= 15 is 0 Å². The molecule has 1 aliphatic rings. The zero-order chi connectivity index (χ0) is 9.42. The van der Waals surface area contributed by atoms with Crippen LogP contribution in [0.25, 0.3) is 0 Å². The molecule has 0 N–H and O–H groups in total. The molecule has 1 heterocycles. The van der Waals surface area contributed by atoms with Crippen molar-refractivity contribution in [2.24, 2.45) is 0 Å². The predicted molar refractivity (Wildman–Crippen MR) is 42.8 cm³/mol. The zero-order valence-corrected chi connectivity index (χ0v) is 7.51. The van der Waals surface area contributed by atoms with Gasteiger partial charge in [-0.15, -0.1) is 21.8 Å². The second kappa shape index (κ2) is 3.21. The normalized spacial score (nSPS) is 16.9. The number of hydrogen-bond acceptors (Lipinski definition) is 2. The third-order valence-electron chi connectivity index (χ3n) is 2.02. The van der Waals surface area contributed by atoms with Gasteiger partial charge in [0.2, 0.25) is 5.82 Å². The first-order valence-corrected chi connectivity index (χ1v) is 4.55. The van der Waals surface area contributed by atoms with E-state index in [-0.39, 0.29) is 17.7 Å². The Bertz CT molecular complexity index is 309. The Morgan fingerprint density at radius 1 is 1.46 bits per heavy atom. The number of aromatic nitrogens is 3. The van der Waals surface area contributed by atoms with Crippen molar-refractivity contribution in [2.45, 2.75) is 31.2 Å². The summed E-state index contributed by atoms with van der Waals surface area (Å²) in [7, 11) is 0. The van der Waals surface area contributed by atoms with Crippen LogP contribution in [0.15, 0.2) is 0 Å². The summed E-state index contributed by atoms with van der Waals surface area (Å²) in [6, 6.07) is 0.146. The van der Waals surface area contributed by atoms with Gasteiger partial charge in [-0.2, -0.15) is 0 Å². The second-order valence-corrected chi connectivity index (χ2v) is 3.28. The summed E-state index contributed by atoms with van der Waals surface area (Å²) in [5.74, 6) is 0.327. The van der Waals surface area contributed by atoms with Crippen LogP contribution >= 0.6 is 11.6 Å². The van der Waals surface area contributed by atoms with Crippen molar-refractivity contribution in [3.05, 3.63) is 11.6 Å². The molecule has 0 radical (unpaired) electrons. The maximum Gasteiger partial charge on any atom is 0.297 e. The molecule has 13 heavy (non-hydrogen) atoms. The molecule has 72 valence electrons. The second-order valence-electron chi connectivity index (χ2n) is 3.01. The Morgan fingerprint density at radius 3 is 2.62 bits per heavy atom. The fourth-order valence-electron chi connectivity index (χ4n) is 1.31. The molecule has 1 fully saturated rings. The first-order chi connectivity index (χ1) is 6.24. The minimum absolute atomic E-state index is 0.135. The van der Waals surface area contributed by atoms with Gasteiger partial charge in [0.1, 0.15) is 5.82 Å². The lowest BCUT2D eigenvalue weighted by Crippen LogP contribution is -2.05. The summed E-state index contributed by atoms with van der Waals surface area (Å²) in [5.41, 5.74) is 0. The van der Waals surface area contributed by atoms with Crippen LogP contribution in [0.3, 0.4) is 0 Å². The molecule has 3 nitrogen and oxygen atoms in total. The fourth-order valence-corrected chi connectivity index (χ4v) is 1.49. The molecule has 0 aliphatic heterocycles. The highest BCUT2D eigenvalue weighted by Crippen LogP contribution is 2.38. The Hall–Kier alpha value is -0.710. The minimum atomic E-state index is -2.56. The minimum Gasteiger partial charge on any atom is -0.306 e. The zero-order valence-electron chi connectivity index (χ0n) is 6.75. The quantitative estimate of drug-likeness (QED) is 0.712. The lowest BCUT2D eigenvalue weighted by atomic mass is 10.5. The SMILES string of the molecule is FC(F)c1nnc(CCl)n1C1CC1. The molecule has 0 atom stereocenters. The smallest absolute Gasteiger partial charge is 0.297 e. The van der Waals surface area contributed by atoms with E-state index in [0.717, 1.165) is 12.8 Å². The van der Waals surface area contributed by atoms with E-state index in [2.05, 4.69) is 10.2 Å². The lowest BCUT2D eigenvalue weighted by Gasteiger charge is -2.05. The van der Waals surface area contributed by atoms with E-state index in [1.54, 1.807) is 0 Å². The Balaban J connectivity index is 2.38. The van der Waals surface area contributed by atoms with Crippen molar-refractivity contribution in [3.8, 4) is 0 Å². The molecule has 2 rings (SSSR count). The predicted octanol–water partition coefficient (Wildman–Crippen LogP) is 2.29. The largest absolute Gasteiger partial charge is 0.306 e. The molecule has 0 bridgehead atoms. The monoisotopic (exact) mass is 207 g/mol. The molecule has 6 heteroatoms. The molecule has 1 saturated carbocycles. The molecule has 1 aliphatic carbocycles.